The van der Waals surface area contributed by atoms with E-state index in [-0.39, 0.29) is 17.8 Å². The Morgan fingerprint density at radius 3 is 2.64 bits per heavy atom. The van der Waals surface area contributed by atoms with Gasteiger partial charge in [-0.25, -0.2) is 0 Å². The van der Waals surface area contributed by atoms with Crippen LogP contribution in [0.4, 0.5) is 0 Å². The summed E-state index contributed by atoms with van der Waals surface area (Å²) in [6.45, 7) is 7.54. The van der Waals surface area contributed by atoms with Gasteiger partial charge in [-0.2, -0.15) is 5.26 Å². The molecule has 0 spiro atoms. The van der Waals surface area contributed by atoms with Crippen molar-refractivity contribution < 1.29 is 19.0 Å². The number of nitrogens with two attached hydrogens (primary N) is 1. The van der Waals surface area contributed by atoms with Crippen LogP contribution in [-0.2, 0) is 16.1 Å². The summed E-state index contributed by atoms with van der Waals surface area (Å²) >= 11 is 9.98. The number of ketones is 1. The molecule has 9 heteroatoms. The Labute approximate surface area is 243 Å². The van der Waals surface area contributed by atoms with Gasteiger partial charge in [-0.15, -0.1) is 0 Å². The highest BCUT2D eigenvalue weighted by molar-refractivity contribution is 9.10. The van der Waals surface area contributed by atoms with E-state index in [2.05, 4.69) is 35.8 Å². The molecule has 0 saturated carbocycles. The molecule has 0 aromatic heterocycles. The average molecular weight is 615 g/mol. The summed E-state index contributed by atoms with van der Waals surface area (Å²) < 4.78 is 18.1. The number of nitriles is 1. The quantitative estimate of drug-likeness (QED) is 0.346. The molecule has 39 heavy (non-hydrogen) atoms. The van der Waals surface area contributed by atoms with Crippen LogP contribution in [0.1, 0.15) is 50.7 Å². The molecule has 1 heterocycles. The number of allylic oxidation sites excluding steroid dienone is 3. The van der Waals surface area contributed by atoms with Gasteiger partial charge in [0.15, 0.2) is 17.3 Å². The van der Waals surface area contributed by atoms with Crippen molar-refractivity contribution in [3.05, 3.63) is 79.7 Å². The molecule has 2 aromatic rings. The molecule has 0 bridgehead atoms. The number of nitrogens with zero attached hydrogens (tertiary/aromatic N) is 2. The first-order chi connectivity index (χ1) is 18.6. The fourth-order valence-electron chi connectivity index (χ4n) is 5.27. The van der Waals surface area contributed by atoms with Crippen LogP contribution in [0.3, 0.4) is 0 Å². The standard InChI is InChI=1S/C30H33BrClN3O4/c1-5-38-25-13-19(12-21(31)28(25)39-17-18-8-6-7-9-22(18)32)26-20(16-33)29(34)35(10-11-37-4)23-14-30(2,3)15-24(36)27(23)26/h6-9,12-13,26H,5,10-11,14-15,17,34H2,1-4H3/t26-/m0/s1. The second kappa shape index (κ2) is 12.0. The molecular formula is C30H33BrClN3O4. The Hall–Kier alpha value is -2.99. The highest BCUT2D eigenvalue weighted by Gasteiger charge is 2.44. The molecule has 1 aliphatic carbocycles. The number of rotatable bonds is 9. The number of methoxy groups -OCH3 is 1. The Bertz CT molecular complexity index is 1380. The summed E-state index contributed by atoms with van der Waals surface area (Å²) in [5, 5.41) is 10.9. The number of Topliss-reactive ketones (excluding diaryl/α,β-unsaturated/α-hetero) is 1. The zero-order valence-corrected chi connectivity index (χ0v) is 25.0. The van der Waals surface area contributed by atoms with Gasteiger partial charge < -0.3 is 24.8 Å². The van der Waals surface area contributed by atoms with Crippen molar-refractivity contribution in [2.45, 2.75) is 46.1 Å². The summed E-state index contributed by atoms with van der Waals surface area (Å²) in [7, 11) is 1.62. The van der Waals surface area contributed by atoms with Gasteiger partial charge in [-0.05, 0) is 58.5 Å². The second-order valence-electron chi connectivity index (χ2n) is 10.4. The van der Waals surface area contributed by atoms with E-state index < -0.39 is 5.92 Å². The monoisotopic (exact) mass is 613 g/mol. The van der Waals surface area contributed by atoms with Crippen molar-refractivity contribution in [3.63, 3.8) is 0 Å². The third-order valence-corrected chi connectivity index (χ3v) is 7.96. The lowest BCUT2D eigenvalue weighted by Gasteiger charge is -2.43. The molecule has 2 aliphatic rings. The van der Waals surface area contributed by atoms with E-state index in [1.807, 2.05) is 48.2 Å². The van der Waals surface area contributed by atoms with Crippen molar-refractivity contribution in [3.8, 4) is 17.6 Å². The minimum atomic E-state index is -0.625. The normalized spacial score (nSPS) is 18.6. The maximum atomic E-state index is 13.7. The number of carbonyl (C=O) groups excluding carboxylic acids is 1. The molecule has 206 valence electrons. The van der Waals surface area contributed by atoms with Gasteiger partial charge in [-0.3, -0.25) is 4.79 Å². The number of hydrogen-bond donors (Lipinski definition) is 1. The topological polar surface area (TPSA) is 97.8 Å². The van der Waals surface area contributed by atoms with Crippen molar-refractivity contribution >= 4 is 33.3 Å². The van der Waals surface area contributed by atoms with E-state index in [0.717, 1.165) is 16.8 Å². The lowest BCUT2D eigenvalue weighted by atomic mass is 9.68. The predicted molar refractivity (Wildman–Crippen MR) is 154 cm³/mol. The van der Waals surface area contributed by atoms with Crippen LogP contribution in [0.15, 0.2) is 63.5 Å². The van der Waals surface area contributed by atoms with Crippen LogP contribution in [0.5, 0.6) is 11.5 Å². The van der Waals surface area contributed by atoms with Crippen LogP contribution < -0.4 is 15.2 Å². The maximum absolute atomic E-state index is 13.7. The van der Waals surface area contributed by atoms with E-state index in [4.69, 9.17) is 31.5 Å². The van der Waals surface area contributed by atoms with E-state index in [1.165, 1.54) is 0 Å². The molecule has 0 saturated heterocycles. The number of halogens is 2. The van der Waals surface area contributed by atoms with Gasteiger partial charge in [0.25, 0.3) is 0 Å². The fourth-order valence-corrected chi connectivity index (χ4v) is 6.03. The third-order valence-electron chi connectivity index (χ3n) is 7.00. The summed E-state index contributed by atoms with van der Waals surface area (Å²) in [5.74, 6) is 0.746. The van der Waals surface area contributed by atoms with Gasteiger partial charge in [0.05, 0.1) is 35.2 Å². The maximum Gasteiger partial charge on any atom is 0.175 e. The largest absolute Gasteiger partial charge is 0.490 e. The number of ether oxygens (including phenoxy) is 3. The third kappa shape index (κ3) is 5.96. The first kappa shape index (κ1) is 29.0. The van der Waals surface area contributed by atoms with Crippen molar-refractivity contribution in [2.75, 3.05) is 26.9 Å². The Balaban J connectivity index is 1.83. The van der Waals surface area contributed by atoms with Crippen LogP contribution in [0, 0.1) is 16.7 Å². The van der Waals surface area contributed by atoms with E-state index in [1.54, 1.807) is 7.11 Å². The van der Waals surface area contributed by atoms with Crippen LogP contribution >= 0.6 is 27.5 Å². The Kier molecular flexibility index (Phi) is 8.95. The first-order valence-corrected chi connectivity index (χ1v) is 14.0. The number of carbonyl (C=O) groups is 1. The summed E-state index contributed by atoms with van der Waals surface area (Å²) in [4.78, 5) is 15.6. The Morgan fingerprint density at radius 2 is 1.97 bits per heavy atom. The van der Waals surface area contributed by atoms with Gasteiger partial charge in [0.1, 0.15) is 12.4 Å². The molecule has 4 rings (SSSR count). The lowest BCUT2D eigenvalue weighted by Crippen LogP contribution is -2.43. The van der Waals surface area contributed by atoms with Crippen molar-refractivity contribution in [1.29, 1.82) is 5.26 Å². The number of hydrogen-bond acceptors (Lipinski definition) is 7. The summed E-state index contributed by atoms with van der Waals surface area (Å²) in [6.07, 6.45) is 1.05. The minimum Gasteiger partial charge on any atom is -0.490 e. The second-order valence-corrected chi connectivity index (χ2v) is 11.7. The summed E-state index contributed by atoms with van der Waals surface area (Å²) in [6, 6.07) is 13.5. The zero-order valence-electron chi connectivity index (χ0n) is 22.6. The molecular weight excluding hydrogens is 582 g/mol. The molecule has 0 radical (unpaired) electrons. The Morgan fingerprint density at radius 1 is 1.23 bits per heavy atom. The van der Waals surface area contributed by atoms with Crippen molar-refractivity contribution in [1.82, 2.24) is 4.90 Å². The average Bonchev–Trinajstić information content (AvgIpc) is 2.87. The lowest BCUT2D eigenvalue weighted by molar-refractivity contribution is -0.118. The predicted octanol–water partition coefficient (Wildman–Crippen LogP) is 6.46. The smallest absolute Gasteiger partial charge is 0.175 e. The molecule has 1 aliphatic heterocycles. The molecule has 2 N–H and O–H groups in total. The fraction of sp³-hybridized carbons (Fsp3) is 0.400. The minimum absolute atomic E-state index is 0.0158. The molecule has 2 aromatic carbocycles. The van der Waals surface area contributed by atoms with Gasteiger partial charge >= 0.3 is 0 Å². The first-order valence-electron chi connectivity index (χ1n) is 12.9. The van der Waals surface area contributed by atoms with E-state index in [0.29, 0.717) is 70.6 Å². The van der Waals surface area contributed by atoms with Gasteiger partial charge in [0.2, 0.25) is 0 Å². The molecule has 0 unspecified atom stereocenters. The molecule has 7 nitrogen and oxygen atoms in total. The molecule has 0 fully saturated rings. The summed E-state index contributed by atoms with van der Waals surface area (Å²) in [5.41, 5.74) is 9.76. The molecule has 0 amide bonds. The van der Waals surface area contributed by atoms with E-state index in [9.17, 15) is 10.1 Å². The van der Waals surface area contributed by atoms with Gasteiger partial charge in [0, 0.05) is 41.9 Å². The molecule has 1 atom stereocenters. The van der Waals surface area contributed by atoms with Crippen LogP contribution in [-0.4, -0.2) is 37.6 Å². The SMILES string of the molecule is CCOc1cc([C@H]2C(C#N)=C(N)N(CCOC)C3=C2C(=O)CC(C)(C)C3)cc(Br)c1OCc1ccccc1Cl. The number of benzene rings is 2. The highest BCUT2D eigenvalue weighted by Crippen LogP contribution is 2.50. The van der Waals surface area contributed by atoms with Crippen molar-refractivity contribution in [2.24, 2.45) is 11.1 Å². The van der Waals surface area contributed by atoms with Gasteiger partial charge in [-0.1, -0.05) is 43.6 Å². The zero-order chi connectivity index (χ0) is 28.3. The highest BCUT2D eigenvalue weighted by atomic mass is 79.9. The van der Waals surface area contributed by atoms with E-state index >= 15 is 0 Å². The van der Waals surface area contributed by atoms with Crippen LogP contribution in [0.2, 0.25) is 5.02 Å². The van der Waals surface area contributed by atoms with Crippen LogP contribution in [0.25, 0.3) is 0 Å².